The van der Waals surface area contributed by atoms with Crippen molar-refractivity contribution in [2.24, 2.45) is 5.92 Å². The van der Waals surface area contributed by atoms with Gasteiger partial charge >= 0.3 is 0 Å². The van der Waals surface area contributed by atoms with Crippen LogP contribution in [0.1, 0.15) is 43.5 Å². The summed E-state index contributed by atoms with van der Waals surface area (Å²) in [5, 5.41) is 15.3. The second-order valence-corrected chi connectivity index (χ2v) is 8.25. The number of benzene rings is 1. The van der Waals surface area contributed by atoms with Crippen LogP contribution in [-0.2, 0) is 10.4 Å². The summed E-state index contributed by atoms with van der Waals surface area (Å²) in [6, 6.07) is 9.87. The molecular weight excluding hydrogens is 362 g/mol. The molecule has 4 rings (SSSR count). The topological polar surface area (TPSA) is 75.1 Å². The normalized spacial score (nSPS) is 14.1. The van der Waals surface area contributed by atoms with Crippen LogP contribution in [0.25, 0.3) is 28.1 Å². The number of nitrogens with zero attached hydrogens (tertiary/aromatic N) is 2. The summed E-state index contributed by atoms with van der Waals surface area (Å²) in [6.07, 6.45) is 5.40. The van der Waals surface area contributed by atoms with Gasteiger partial charge in [0.05, 0.1) is 11.4 Å². The summed E-state index contributed by atoms with van der Waals surface area (Å²) in [6.45, 7) is 9.32. The monoisotopic (exact) mass is 387 g/mol. The smallest absolute Gasteiger partial charge is 0.228 e. The number of anilines is 1. The molecule has 0 bridgehead atoms. The quantitative estimate of drug-likeness (QED) is 0.658. The number of aliphatic hydroxyl groups is 1. The second-order valence-electron chi connectivity index (χ2n) is 8.25. The lowest BCUT2D eigenvalue weighted by molar-refractivity contribution is -0.117. The molecule has 0 atom stereocenters. The Labute approximate surface area is 170 Å². The number of fused-ring (bicyclic) bond motifs is 1. The van der Waals surface area contributed by atoms with Crippen LogP contribution in [-0.4, -0.2) is 21.0 Å². The van der Waals surface area contributed by atoms with Gasteiger partial charge < -0.3 is 10.4 Å². The standard InChI is InChI=1S/C24H25N3O2/c1-5-15-7-6-14(2)18(10-15)20-11-17-13-25-21(27-23(28)16-8-9-16)12-19(17)22(26-20)24(3,4)29/h5-7,10-13,16,29H,1,8-9H2,2-4H3,(H,25,27,28). The minimum Gasteiger partial charge on any atom is -0.384 e. The molecule has 0 spiro atoms. The van der Waals surface area contributed by atoms with Gasteiger partial charge in [0.25, 0.3) is 0 Å². The molecule has 1 fully saturated rings. The highest BCUT2D eigenvalue weighted by Gasteiger charge is 2.30. The van der Waals surface area contributed by atoms with Crippen LogP contribution in [0.5, 0.6) is 0 Å². The number of hydrogen-bond donors (Lipinski definition) is 2. The third-order valence-electron chi connectivity index (χ3n) is 5.27. The maximum atomic E-state index is 12.1. The number of hydrogen-bond acceptors (Lipinski definition) is 4. The molecule has 2 aromatic heterocycles. The van der Waals surface area contributed by atoms with E-state index in [4.69, 9.17) is 4.98 Å². The van der Waals surface area contributed by atoms with Crippen molar-refractivity contribution < 1.29 is 9.90 Å². The fraction of sp³-hybridized carbons (Fsp3) is 0.292. The maximum absolute atomic E-state index is 12.1. The highest BCUT2D eigenvalue weighted by Crippen LogP contribution is 2.34. The number of rotatable bonds is 5. The first-order chi connectivity index (χ1) is 13.8. The Bertz CT molecular complexity index is 1120. The Morgan fingerprint density at radius 1 is 1.28 bits per heavy atom. The Hall–Kier alpha value is -3.05. The molecule has 1 aliphatic rings. The zero-order valence-corrected chi connectivity index (χ0v) is 17.0. The van der Waals surface area contributed by atoms with E-state index in [1.807, 2.05) is 31.2 Å². The van der Waals surface area contributed by atoms with Gasteiger partial charge in [-0.1, -0.05) is 24.8 Å². The average molecular weight is 387 g/mol. The van der Waals surface area contributed by atoms with Crippen molar-refractivity contribution in [3.8, 4) is 11.3 Å². The van der Waals surface area contributed by atoms with Crippen molar-refractivity contribution in [1.82, 2.24) is 9.97 Å². The molecule has 5 heteroatoms. The largest absolute Gasteiger partial charge is 0.384 e. The Balaban J connectivity index is 1.86. The van der Waals surface area contributed by atoms with Gasteiger partial charge in [0.1, 0.15) is 11.4 Å². The minimum absolute atomic E-state index is 0.00287. The number of carbonyl (C=O) groups excluding carboxylic acids is 1. The summed E-state index contributed by atoms with van der Waals surface area (Å²) < 4.78 is 0. The van der Waals surface area contributed by atoms with Crippen LogP contribution in [0.4, 0.5) is 5.82 Å². The van der Waals surface area contributed by atoms with Crippen LogP contribution in [0, 0.1) is 12.8 Å². The lowest BCUT2D eigenvalue weighted by Crippen LogP contribution is -2.19. The molecule has 1 amide bonds. The molecule has 1 saturated carbocycles. The lowest BCUT2D eigenvalue weighted by Gasteiger charge is -2.21. The Morgan fingerprint density at radius 2 is 2.03 bits per heavy atom. The van der Waals surface area contributed by atoms with Crippen molar-refractivity contribution in [2.75, 3.05) is 5.32 Å². The highest BCUT2D eigenvalue weighted by molar-refractivity contribution is 5.96. The summed E-state index contributed by atoms with van der Waals surface area (Å²) in [5.74, 6) is 0.587. The van der Waals surface area contributed by atoms with E-state index in [0.29, 0.717) is 11.5 Å². The molecule has 1 aliphatic carbocycles. The maximum Gasteiger partial charge on any atom is 0.228 e. The van der Waals surface area contributed by atoms with Crippen molar-refractivity contribution >= 4 is 28.6 Å². The van der Waals surface area contributed by atoms with E-state index in [0.717, 1.165) is 46.0 Å². The molecular formula is C24H25N3O2. The number of aryl methyl sites for hydroxylation is 1. The van der Waals surface area contributed by atoms with Gasteiger partial charge in [0, 0.05) is 28.5 Å². The fourth-order valence-electron chi connectivity index (χ4n) is 3.44. The van der Waals surface area contributed by atoms with Crippen molar-refractivity contribution in [2.45, 2.75) is 39.2 Å². The number of carbonyl (C=O) groups is 1. The molecule has 1 aromatic carbocycles. The van der Waals surface area contributed by atoms with Gasteiger partial charge in [-0.3, -0.25) is 4.79 Å². The molecule has 0 aliphatic heterocycles. The van der Waals surface area contributed by atoms with Crippen LogP contribution in [0.3, 0.4) is 0 Å². The van der Waals surface area contributed by atoms with Crippen molar-refractivity contribution in [3.63, 3.8) is 0 Å². The fourth-order valence-corrected chi connectivity index (χ4v) is 3.44. The van der Waals surface area contributed by atoms with E-state index in [1.165, 1.54) is 0 Å². The predicted octanol–water partition coefficient (Wildman–Crippen LogP) is 4.82. The molecule has 0 radical (unpaired) electrons. The molecule has 148 valence electrons. The van der Waals surface area contributed by atoms with Crippen molar-refractivity contribution in [3.05, 3.63) is 59.9 Å². The highest BCUT2D eigenvalue weighted by atomic mass is 16.3. The van der Waals surface area contributed by atoms with E-state index < -0.39 is 5.60 Å². The van der Waals surface area contributed by atoms with E-state index in [9.17, 15) is 9.90 Å². The zero-order valence-electron chi connectivity index (χ0n) is 17.0. The van der Waals surface area contributed by atoms with Crippen LogP contribution in [0.15, 0.2) is 43.1 Å². The van der Waals surface area contributed by atoms with Crippen molar-refractivity contribution in [1.29, 1.82) is 0 Å². The second kappa shape index (κ2) is 7.08. The first-order valence-electron chi connectivity index (χ1n) is 9.84. The van der Waals surface area contributed by atoms with E-state index in [2.05, 4.69) is 16.9 Å². The molecule has 5 nitrogen and oxygen atoms in total. The zero-order chi connectivity index (χ0) is 20.8. The van der Waals surface area contributed by atoms with E-state index in [1.54, 1.807) is 32.2 Å². The van der Waals surface area contributed by atoms with Gasteiger partial charge in [-0.25, -0.2) is 9.97 Å². The third kappa shape index (κ3) is 3.91. The average Bonchev–Trinajstić information content (AvgIpc) is 3.52. The summed E-state index contributed by atoms with van der Waals surface area (Å²) in [7, 11) is 0. The van der Waals surface area contributed by atoms with Gasteiger partial charge in [0.2, 0.25) is 5.91 Å². The molecule has 0 saturated heterocycles. The molecule has 0 unspecified atom stereocenters. The summed E-state index contributed by atoms with van der Waals surface area (Å²) in [4.78, 5) is 21.3. The van der Waals surface area contributed by atoms with E-state index >= 15 is 0 Å². The third-order valence-corrected chi connectivity index (χ3v) is 5.27. The number of pyridine rings is 2. The van der Waals surface area contributed by atoms with Gasteiger partial charge in [0.15, 0.2) is 0 Å². The summed E-state index contributed by atoms with van der Waals surface area (Å²) >= 11 is 0. The van der Waals surface area contributed by atoms with E-state index in [-0.39, 0.29) is 11.8 Å². The molecule has 29 heavy (non-hydrogen) atoms. The van der Waals surface area contributed by atoms with Crippen LogP contribution < -0.4 is 5.32 Å². The van der Waals surface area contributed by atoms with Gasteiger partial charge in [-0.15, -0.1) is 0 Å². The summed E-state index contributed by atoms with van der Waals surface area (Å²) in [5.41, 5.74) is 3.25. The first kappa shape index (κ1) is 19.3. The number of aromatic nitrogens is 2. The molecule has 2 heterocycles. The number of amides is 1. The Kier molecular flexibility index (Phi) is 4.71. The Morgan fingerprint density at radius 3 is 2.69 bits per heavy atom. The van der Waals surface area contributed by atoms with Crippen LogP contribution in [0.2, 0.25) is 0 Å². The molecule has 3 aromatic rings. The predicted molar refractivity (Wildman–Crippen MR) is 116 cm³/mol. The number of nitrogens with one attached hydrogen (secondary N) is 1. The molecule has 2 N–H and O–H groups in total. The first-order valence-corrected chi connectivity index (χ1v) is 9.84. The van der Waals surface area contributed by atoms with Gasteiger partial charge in [-0.2, -0.15) is 0 Å². The SMILES string of the molecule is C=Cc1ccc(C)c(-c2cc3cnc(NC(=O)C4CC4)cc3c(C(C)(C)O)n2)c1. The lowest BCUT2D eigenvalue weighted by atomic mass is 9.95. The minimum atomic E-state index is -1.16. The van der Waals surface area contributed by atoms with Crippen LogP contribution >= 0.6 is 0 Å². The van der Waals surface area contributed by atoms with Gasteiger partial charge in [-0.05, 0) is 62.9 Å².